The van der Waals surface area contributed by atoms with Gasteiger partial charge in [0.25, 0.3) is 0 Å². The number of hydrogen-bond acceptors (Lipinski definition) is 2. The Bertz CT molecular complexity index is 639. The number of carbonyl (C=O) groups is 1. The van der Waals surface area contributed by atoms with E-state index in [0.717, 1.165) is 5.56 Å². The predicted octanol–water partition coefficient (Wildman–Crippen LogP) is 3.57. The summed E-state index contributed by atoms with van der Waals surface area (Å²) < 4.78 is 13.4. The second-order valence-corrected chi connectivity index (χ2v) is 3.97. The minimum Gasteiger partial charge on any atom is -0.295 e. The molecule has 3 heteroatoms. The first-order valence-electron chi connectivity index (χ1n) is 5.42. The van der Waals surface area contributed by atoms with Crippen LogP contribution in [0, 0.1) is 17.1 Å². The molecule has 0 aliphatic carbocycles. The van der Waals surface area contributed by atoms with Crippen LogP contribution in [0.5, 0.6) is 0 Å². The molecule has 0 saturated heterocycles. The molecular weight excluding hydrogens is 229 g/mol. The average molecular weight is 239 g/mol. The van der Waals surface area contributed by atoms with Crippen molar-refractivity contribution in [1.82, 2.24) is 0 Å². The van der Waals surface area contributed by atoms with Crippen molar-refractivity contribution in [1.29, 1.82) is 5.26 Å². The van der Waals surface area contributed by atoms with Crippen LogP contribution in [0.4, 0.5) is 4.39 Å². The van der Waals surface area contributed by atoms with Gasteiger partial charge in [0.2, 0.25) is 0 Å². The zero-order valence-corrected chi connectivity index (χ0v) is 9.77. The van der Waals surface area contributed by atoms with Crippen LogP contribution in [0.1, 0.15) is 22.8 Å². The van der Waals surface area contributed by atoms with Crippen LogP contribution in [-0.4, -0.2) is 5.78 Å². The Balaban J connectivity index is 2.50. The van der Waals surface area contributed by atoms with Gasteiger partial charge in [-0.1, -0.05) is 12.1 Å². The van der Waals surface area contributed by atoms with Gasteiger partial charge in [-0.2, -0.15) is 5.26 Å². The van der Waals surface area contributed by atoms with Gasteiger partial charge in [0.05, 0.1) is 11.6 Å². The maximum atomic E-state index is 13.4. The van der Waals surface area contributed by atoms with Gasteiger partial charge in [0.15, 0.2) is 5.78 Å². The van der Waals surface area contributed by atoms with E-state index in [4.69, 9.17) is 5.26 Å². The van der Waals surface area contributed by atoms with Crippen LogP contribution >= 0.6 is 0 Å². The van der Waals surface area contributed by atoms with Gasteiger partial charge in [0, 0.05) is 5.56 Å². The second kappa shape index (κ2) is 4.80. The van der Waals surface area contributed by atoms with Crippen LogP contribution in [0.15, 0.2) is 42.5 Å². The van der Waals surface area contributed by atoms with Crippen molar-refractivity contribution in [3.05, 3.63) is 59.4 Å². The summed E-state index contributed by atoms with van der Waals surface area (Å²) in [6.45, 7) is 1.40. The van der Waals surface area contributed by atoms with Crippen molar-refractivity contribution in [3.8, 4) is 17.2 Å². The lowest BCUT2D eigenvalue weighted by Gasteiger charge is -2.04. The van der Waals surface area contributed by atoms with E-state index in [1.165, 1.54) is 19.1 Å². The summed E-state index contributed by atoms with van der Waals surface area (Å²) in [5.41, 5.74) is 2.29. The highest BCUT2D eigenvalue weighted by Gasteiger charge is 2.06. The number of halogens is 1. The number of benzene rings is 2. The lowest BCUT2D eigenvalue weighted by molar-refractivity contribution is 0.101. The minimum absolute atomic E-state index is 0.176. The topological polar surface area (TPSA) is 40.9 Å². The fourth-order valence-electron chi connectivity index (χ4n) is 1.70. The average Bonchev–Trinajstić information content (AvgIpc) is 2.38. The molecule has 0 atom stereocenters. The number of hydrogen-bond donors (Lipinski definition) is 0. The number of carbonyl (C=O) groups excluding carboxylic acids is 1. The summed E-state index contributed by atoms with van der Waals surface area (Å²) in [7, 11) is 0. The molecule has 2 aromatic carbocycles. The molecule has 0 heterocycles. The Kier molecular flexibility index (Phi) is 3.20. The summed E-state index contributed by atoms with van der Waals surface area (Å²) in [6, 6.07) is 13.0. The summed E-state index contributed by atoms with van der Waals surface area (Å²) in [5, 5.41) is 8.71. The summed E-state index contributed by atoms with van der Waals surface area (Å²) in [5.74, 6) is -0.619. The van der Waals surface area contributed by atoms with Crippen molar-refractivity contribution in [2.45, 2.75) is 6.92 Å². The maximum absolute atomic E-state index is 13.4. The molecule has 2 aromatic rings. The lowest BCUT2D eigenvalue weighted by atomic mass is 10.0. The zero-order valence-electron chi connectivity index (χ0n) is 9.77. The largest absolute Gasteiger partial charge is 0.295 e. The monoisotopic (exact) mass is 239 g/mol. The van der Waals surface area contributed by atoms with E-state index in [9.17, 15) is 9.18 Å². The molecule has 88 valence electrons. The Morgan fingerprint density at radius 3 is 2.33 bits per heavy atom. The number of nitrogens with zero attached hydrogens (tertiary/aromatic N) is 1. The summed E-state index contributed by atoms with van der Waals surface area (Å²) in [6.07, 6.45) is 0. The van der Waals surface area contributed by atoms with Crippen LogP contribution < -0.4 is 0 Å². The quantitative estimate of drug-likeness (QED) is 0.752. The number of nitriles is 1. The fourth-order valence-corrected chi connectivity index (χ4v) is 1.70. The minimum atomic E-state index is -0.443. The molecule has 0 aromatic heterocycles. The highest BCUT2D eigenvalue weighted by Crippen LogP contribution is 2.22. The van der Waals surface area contributed by atoms with Crippen LogP contribution in [0.2, 0.25) is 0 Å². The Morgan fingerprint density at radius 2 is 1.78 bits per heavy atom. The molecule has 0 saturated carbocycles. The lowest BCUT2D eigenvalue weighted by Crippen LogP contribution is -1.94. The molecule has 0 aliphatic rings. The van der Waals surface area contributed by atoms with E-state index in [0.29, 0.717) is 16.7 Å². The second-order valence-electron chi connectivity index (χ2n) is 3.97. The third-order valence-electron chi connectivity index (χ3n) is 2.65. The van der Waals surface area contributed by atoms with Crippen LogP contribution in [-0.2, 0) is 0 Å². The van der Waals surface area contributed by atoms with Crippen molar-refractivity contribution < 1.29 is 9.18 Å². The standard InChI is InChI=1S/C15H10FNO/c1-10(18)13-6-14(8-15(16)7-13)12-4-2-11(9-17)3-5-12/h2-8H,1H3. The van der Waals surface area contributed by atoms with Crippen molar-refractivity contribution in [3.63, 3.8) is 0 Å². The normalized spacial score (nSPS) is 9.83. The molecular formula is C15H10FNO. The van der Waals surface area contributed by atoms with E-state index in [-0.39, 0.29) is 5.78 Å². The first kappa shape index (κ1) is 12.0. The predicted molar refractivity (Wildman–Crippen MR) is 66.6 cm³/mol. The van der Waals surface area contributed by atoms with Gasteiger partial charge >= 0.3 is 0 Å². The Labute approximate surface area is 104 Å². The first-order chi connectivity index (χ1) is 8.60. The van der Waals surface area contributed by atoms with Gasteiger partial charge in [-0.05, 0) is 48.4 Å². The third-order valence-corrected chi connectivity index (χ3v) is 2.65. The van der Waals surface area contributed by atoms with E-state index in [1.807, 2.05) is 6.07 Å². The van der Waals surface area contributed by atoms with Gasteiger partial charge in [0.1, 0.15) is 5.82 Å². The molecule has 0 aliphatic heterocycles. The summed E-state index contributed by atoms with van der Waals surface area (Å²) >= 11 is 0. The van der Waals surface area contributed by atoms with E-state index in [1.54, 1.807) is 30.3 Å². The third kappa shape index (κ3) is 2.44. The summed E-state index contributed by atoms with van der Waals surface area (Å²) in [4.78, 5) is 11.3. The highest BCUT2D eigenvalue weighted by atomic mass is 19.1. The molecule has 18 heavy (non-hydrogen) atoms. The zero-order chi connectivity index (χ0) is 13.1. The number of ketones is 1. The molecule has 0 unspecified atom stereocenters. The maximum Gasteiger partial charge on any atom is 0.159 e. The number of rotatable bonds is 2. The van der Waals surface area contributed by atoms with Gasteiger partial charge in [-0.15, -0.1) is 0 Å². The van der Waals surface area contributed by atoms with Crippen molar-refractivity contribution in [2.75, 3.05) is 0 Å². The highest BCUT2D eigenvalue weighted by molar-refractivity contribution is 5.95. The van der Waals surface area contributed by atoms with Crippen LogP contribution in [0.25, 0.3) is 11.1 Å². The van der Waals surface area contributed by atoms with Crippen molar-refractivity contribution in [2.24, 2.45) is 0 Å². The Morgan fingerprint density at radius 1 is 1.11 bits per heavy atom. The van der Waals surface area contributed by atoms with E-state index < -0.39 is 5.82 Å². The molecule has 0 fully saturated rings. The van der Waals surface area contributed by atoms with Crippen LogP contribution in [0.3, 0.4) is 0 Å². The molecule has 2 nitrogen and oxygen atoms in total. The van der Waals surface area contributed by atoms with Gasteiger partial charge < -0.3 is 0 Å². The van der Waals surface area contributed by atoms with E-state index >= 15 is 0 Å². The van der Waals surface area contributed by atoms with Gasteiger partial charge in [-0.25, -0.2) is 4.39 Å². The molecule has 0 N–H and O–H groups in total. The first-order valence-corrected chi connectivity index (χ1v) is 5.42. The smallest absolute Gasteiger partial charge is 0.159 e. The SMILES string of the molecule is CC(=O)c1cc(F)cc(-c2ccc(C#N)cc2)c1. The van der Waals surface area contributed by atoms with E-state index in [2.05, 4.69) is 0 Å². The fraction of sp³-hybridized carbons (Fsp3) is 0.0667. The Hall–Kier alpha value is -2.47. The van der Waals surface area contributed by atoms with Crippen molar-refractivity contribution >= 4 is 5.78 Å². The molecule has 0 bridgehead atoms. The number of Topliss-reactive ketones (excluding diaryl/α,β-unsaturated/α-hetero) is 1. The molecule has 0 spiro atoms. The molecule has 0 radical (unpaired) electrons. The molecule has 2 rings (SSSR count). The molecule has 0 amide bonds. The van der Waals surface area contributed by atoms with Gasteiger partial charge in [-0.3, -0.25) is 4.79 Å².